The standard InChI is InChI=1S/C12H15NO2/c1-9-11(8-14-2)13-12(15-9)10-6-4-3-5-7-10/h3-7,9,11H,8H2,1-2H3. The van der Waals surface area contributed by atoms with Crippen LogP contribution in [0.4, 0.5) is 0 Å². The lowest BCUT2D eigenvalue weighted by molar-refractivity contribution is 0.129. The quantitative estimate of drug-likeness (QED) is 0.754. The van der Waals surface area contributed by atoms with Crippen molar-refractivity contribution >= 4 is 5.90 Å². The molecule has 2 unspecified atom stereocenters. The van der Waals surface area contributed by atoms with Gasteiger partial charge in [-0.1, -0.05) is 18.2 Å². The van der Waals surface area contributed by atoms with Crippen molar-refractivity contribution in [3.8, 4) is 0 Å². The highest BCUT2D eigenvalue weighted by molar-refractivity contribution is 5.95. The largest absolute Gasteiger partial charge is 0.472 e. The first-order valence-electron chi connectivity index (χ1n) is 5.10. The highest BCUT2D eigenvalue weighted by atomic mass is 16.5. The highest BCUT2D eigenvalue weighted by Crippen LogP contribution is 2.17. The number of hydrogen-bond donors (Lipinski definition) is 0. The van der Waals surface area contributed by atoms with Crippen LogP contribution in [0.1, 0.15) is 12.5 Å². The molecule has 1 aliphatic heterocycles. The molecule has 0 bridgehead atoms. The van der Waals surface area contributed by atoms with Crippen molar-refractivity contribution in [3.05, 3.63) is 35.9 Å². The summed E-state index contributed by atoms with van der Waals surface area (Å²) >= 11 is 0. The second-order valence-electron chi connectivity index (χ2n) is 3.65. The average molecular weight is 205 g/mol. The second-order valence-corrected chi connectivity index (χ2v) is 3.65. The van der Waals surface area contributed by atoms with Crippen molar-refractivity contribution in [2.75, 3.05) is 13.7 Å². The zero-order chi connectivity index (χ0) is 10.7. The van der Waals surface area contributed by atoms with Crippen molar-refractivity contribution in [1.82, 2.24) is 0 Å². The fourth-order valence-electron chi connectivity index (χ4n) is 1.61. The topological polar surface area (TPSA) is 30.8 Å². The molecule has 0 saturated heterocycles. The van der Waals surface area contributed by atoms with E-state index in [0.717, 1.165) is 11.5 Å². The molecule has 1 aliphatic rings. The Kier molecular flexibility index (Phi) is 3.02. The summed E-state index contributed by atoms with van der Waals surface area (Å²) in [4.78, 5) is 4.50. The molecule has 1 aromatic rings. The third-order valence-electron chi connectivity index (χ3n) is 2.48. The molecule has 0 radical (unpaired) electrons. The normalized spacial score (nSPS) is 24.8. The summed E-state index contributed by atoms with van der Waals surface area (Å²) in [5, 5.41) is 0. The van der Waals surface area contributed by atoms with Gasteiger partial charge in [0.1, 0.15) is 12.1 Å². The van der Waals surface area contributed by atoms with E-state index >= 15 is 0 Å². The molecule has 1 heterocycles. The molecule has 1 aromatic carbocycles. The summed E-state index contributed by atoms with van der Waals surface area (Å²) in [5.74, 6) is 0.727. The molecule has 0 spiro atoms. The van der Waals surface area contributed by atoms with Gasteiger partial charge in [-0.25, -0.2) is 4.99 Å². The molecule has 3 heteroatoms. The van der Waals surface area contributed by atoms with Gasteiger partial charge in [-0.3, -0.25) is 0 Å². The predicted octanol–water partition coefficient (Wildman–Crippen LogP) is 1.87. The Morgan fingerprint density at radius 1 is 1.33 bits per heavy atom. The van der Waals surface area contributed by atoms with Crippen molar-refractivity contribution in [3.63, 3.8) is 0 Å². The van der Waals surface area contributed by atoms with Gasteiger partial charge in [0.2, 0.25) is 5.90 Å². The first kappa shape index (κ1) is 10.2. The lowest BCUT2D eigenvalue weighted by atomic mass is 10.2. The van der Waals surface area contributed by atoms with Gasteiger partial charge in [0, 0.05) is 12.7 Å². The zero-order valence-electron chi connectivity index (χ0n) is 9.01. The van der Waals surface area contributed by atoms with Crippen LogP contribution in [0, 0.1) is 0 Å². The van der Waals surface area contributed by atoms with E-state index in [1.54, 1.807) is 7.11 Å². The van der Waals surface area contributed by atoms with Gasteiger partial charge in [-0.05, 0) is 19.1 Å². The molecule has 2 rings (SSSR count). The number of ether oxygens (including phenoxy) is 2. The van der Waals surface area contributed by atoms with Crippen LogP contribution in [-0.2, 0) is 9.47 Å². The van der Waals surface area contributed by atoms with Crippen molar-refractivity contribution in [1.29, 1.82) is 0 Å². The van der Waals surface area contributed by atoms with Crippen LogP contribution in [-0.4, -0.2) is 31.8 Å². The Labute approximate surface area is 89.7 Å². The molecule has 15 heavy (non-hydrogen) atoms. The van der Waals surface area contributed by atoms with Crippen molar-refractivity contribution in [2.45, 2.75) is 19.1 Å². The van der Waals surface area contributed by atoms with Crippen LogP contribution in [0.3, 0.4) is 0 Å². The van der Waals surface area contributed by atoms with E-state index in [2.05, 4.69) is 4.99 Å². The first-order chi connectivity index (χ1) is 7.31. The maximum absolute atomic E-state index is 5.68. The Balaban J connectivity index is 2.15. The summed E-state index contributed by atoms with van der Waals surface area (Å²) < 4.78 is 10.8. The van der Waals surface area contributed by atoms with E-state index in [1.165, 1.54) is 0 Å². The Bertz CT molecular complexity index is 348. The minimum absolute atomic E-state index is 0.0974. The minimum atomic E-state index is 0.0974. The average Bonchev–Trinajstić information content (AvgIpc) is 2.63. The molecule has 3 nitrogen and oxygen atoms in total. The maximum Gasteiger partial charge on any atom is 0.216 e. The second kappa shape index (κ2) is 4.45. The molecule has 0 N–H and O–H groups in total. The monoisotopic (exact) mass is 205 g/mol. The molecule has 0 saturated carbocycles. The fraction of sp³-hybridized carbons (Fsp3) is 0.417. The molecular weight excluding hydrogens is 190 g/mol. The molecule has 0 aromatic heterocycles. The Morgan fingerprint density at radius 3 is 2.73 bits per heavy atom. The molecule has 0 aliphatic carbocycles. The van der Waals surface area contributed by atoms with E-state index in [0.29, 0.717) is 6.61 Å². The molecule has 80 valence electrons. The lowest BCUT2D eigenvalue weighted by Crippen LogP contribution is -2.23. The summed E-state index contributed by atoms with van der Waals surface area (Å²) in [6.07, 6.45) is 0.0974. The smallest absolute Gasteiger partial charge is 0.216 e. The van der Waals surface area contributed by atoms with E-state index in [1.807, 2.05) is 37.3 Å². The third kappa shape index (κ3) is 2.18. The van der Waals surface area contributed by atoms with Gasteiger partial charge >= 0.3 is 0 Å². The van der Waals surface area contributed by atoms with Crippen LogP contribution in [0.5, 0.6) is 0 Å². The van der Waals surface area contributed by atoms with E-state index < -0.39 is 0 Å². The van der Waals surface area contributed by atoms with Gasteiger partial charge in [-0.2, -0.15) is 0 Å². The molecule has 2 atom stereocenters. The summed E-state index contributed by atoms with van der Waals surface area (Å²) in [7, 11) is 1.68. The number of benzene rings is 1. The number of aliphatic imine (C=N–C) groups is 1. The van der Waals surface area contributed by atoms with E-state index in [-0.39, 0.29) is 12.1 Å². The predicted molar refractivity (Wildman–Crippen MR) is 59.2 cm³/mol. The minimum Gasteiger partial charge on any atom is -0.472 e. The van der Waals surface area contributed by atoms with Gasteiger partial charge in [0.25, 0.3) is 0 Å². The number of hydrogen-bond acceptors (Lipinski definition) is 3. The summed E-state index contributed by atoms with van der Waals surface area (Å²) in [6, 6.07) is 10.1. The van der Waals surface area contributed by atoms with Crippen LogP contribution in [0.15, 0.2) is 35.3 Å². The SMILES string of the molecule is COCC1N=C(c2ccccc2)OC1C. The lowest BCUT2D eigenvalue weighted by Gasteiger charge is -2.10. The van der Waals surface area contributed by atoms with Crippen LogP contribution in [0.2, 0.25) is 0 Å². The van der Waals surface area contributed by atoms with Gasteiger partial charge in [0.05, 0.1) is 6.61 Å². The molecule has 0 fully saturated rings. The number of nitrogens with zero attached hydrogens (tertiary/aromatic N) is 1. The highest BCUT2D eigenvalue weighted by Gasteiger charge is 2.27. The summed E-state index contributed by atoms with van der Waals surface area (Å²) in [6.45, 7) is 2.63. The first-order valence-corrected chi connectivity index (χ1v) is 5.10. The molecule has 0 amide bonds. The number of rotatable bonds is 3. The molecular formula is C12H15NO2. The van der Waals surface area contributed by atoms with E-state index in [4.69, 9.17) is 9.47 Å². The number of methoxy groups -OCH3 is 1. The van der Waals surface area contributed by atoms with Crippen LogP contribution >= 0.6 is 0 Å². The van der Waals surface area contributed by atoms with Crippen LogP contribution in [0.25, 0.3) is 0 Å². The maximum atomic E-state index is 5.68. The Morgan fingerprint density at radius 2 is 2.07 bits per heavy atom. The van der Waals surface area contributed by atoms with Crippen molar-refractivity contribution in [2.24, 2.45) is 4.99 Å². The van der Waals surface area contributed by atoms with Gasteiger partial charge in [-0.15, -0.1) is 0 Å². The van der Waals surface area contributed by atoms with Gasteiger partial charge in [0.15, 0.2) is 0 Å². The van der Waals surface area contributed by atoms with E-state index in [9.17, 15) is 0 Å². The third-order valence-corrected chi connectivity index (χ3v) is 2.48. The van der Waals surface area contributed by atoms with Gasteiger partial charge < -0.3 is 9.47 Å². The Hall–Kier alpha value is -1.35. The zero-order valence-corrected chi connectivity index (χ0v) is 9.01. The fourth-order valence-corrected chi connectivity index (χ4v) is 1.61. The van der Waals surface area contributed by atoms with Crippen LogP contribution < -0.4 is 0 Å². The van der Waals surface area contributed by atoms with Crippen molar-refractivity contribution < 1.29 is 9.47 Å². The summed E-state index contributed by atoms with van der Waals surface area (Å²) in [5.41, 5.74) is 1.03.